The Morgan fingerprint density at radius 3 is 1.40 bits per heavy atom. The lowest BCUT2D eigenvalue weighted by atomic mass is 10.1. The van der Waals surface area contributed by atoms with E-state index in [0.717, 1.165) is 29.0 Å². The van der Waals surface area contributed by atoms with Crippen LogP contribution < -0.4 is 5.30 Å². The predicted octanol–water partition coefficient (Wildman–Crippen LogP) is 5.73. The van der Waals surface area contributed by atoms with Crippen LogP contribution in [0.4, 0.5) is 0 Å². The van der Waals surface area contributed by atoms with Crippen LogP contribution in [-0.4, -0.2) is 24.9 Å². The minimum Gasteiger partial charge on any atom is -0.318 e. The van der Waals surface area contributed by atoms with Gasteiger partial charge in [-0.1, -0.05) is 103 Å². The molecule has 0 saturated heterocycles. The fourth-order valence-corrected chi connectivity index (χ4v) is 5.40. The zero-order valence-electron chi connectivity index (χ0n) is 16.6. The van der Waals surface area contributed by atoms with Crippen LogP contribution in [0.3, 0.4) is 0 Å². The van der Waals surface area contributed by atoms with Gasteiger partial charge in [-0.2, -0.15) is 0 Å². The van der Waals surface area contributed by atoms with Crippen LogP contribution in [-0.2, 0) is 4.57 Å². The van der Waals surface area contributed by atoms with Gasteiger partial charge in [0.2, 0.25) is 0 Å². The van der Waals surface area contributed by atoms with E-state index in [0.29, 0.717) is 23.5 Å². The molecule has 3 nitrogen and oxygen atoms in total. The van der Waals surface area contributed by atoms with Gasteiger partial charge in [0, 0.05) is 28.8 Å². The van der Waals surface area contributed by atoms with Gasteiger partial charge in [-0.15, -0.1) is 0 Å². The third kappa shape index (κ3) is 5.40. The summed E-state index contributed by atoms with van der Waals surface area (Å²) in [5, 5.41) is 0.812. The Morgan fingerprint density at radius 2 is 0.967 bits per heavy atom. The first-order chi connectivity index (χ1) is 14.7. The van der Waals surface area contributed by atoms with Gasteiger partial charge in [0.1, 0.15) is 7.14 Å². The van der Waals surface area contributed by atoms with Gasteiger partial charge in [-0.25, -0.2) is 0 Å². The summed E-state index contributed by atoms with van der Waals surface area (Å²) >= 11 is 0. The van der Waals surface area contributed by atoms with Crippen molar-refractivity contribution >= 4 is 37.2 Å². The second-order valence-corrected chi connectivity index (χ2v) is 9.91. The average Bonchev–Trinajstić information content (AvgIpc) is 2.80. The highest BCUT2D eigenvalue weighted by Crippen LogP contribution is 2.44. The molecule has 0 aliphatic heterocycles. The Hall–Kier alpha value is -3.29. The second kappa shape index (κ2) is 10.5. The summed E-state index contributed by atoms with van der Waals surface area (Å²) in [6.45, 7) is 0. The highest BCUT2D eigenvalue weighted by atomic mass is 31.2. The lowest BCUT2D eigenvalue weighted by Gasteiger charge is -2.15. The molecule has 4 heteroatoms. The molecule has 0 aliphatic rings. The fourth-order valence-electron chi connectivity index (χ4n) is 3.22. The minimum absolute atomic E-state index is 0.379. The molecule has 3 aromatic rings. The Balaban J connectivity index is 1.84. The summed E-state index contributed by atoms with van der Waals surface area (Å²) in [4.78, 5) is 22.4. The molecule has 0 aromatic heterocycles. The molecule has 3 rings (SSSR count). The maximum absolute atomic E-state index is 13.9. The lowest BCUT2D eigenvalue weighted by Crippen LogP contribution is -2.08. The van der Waals surface area contributed by atoms with Crippen molar-refractivity contribution in [1.82, 2.24) is 0 Å². The van der Waals surface area contributed by atoms with Gasteiger partial charge >= 0.3 is 0 Å². The number of rotatable bonds is 9. The van der Waals surface area contributed by atoms with E-state index in [4.69, 9.17) is 0 Å². The van der Waals surface area contributed by atoms with E-state index in [9.17, 15) is 14.2 Å². The van der Waals surface area contributed by atoms with E-state index in [2.05, 4.69) is 0 Å². The van der Waals surface area contributed by atoms with E-state index in [1.165, 1.54) is 0 Å². The predicted molar refractivity (Wildman–Crippen MR) is 125 cm³/mol. The van der Waals surface area contributed by atoms with Crippen LogP contribution in [0.15, 0.2) is 91.0 Å². The first-order valence-corrected chi connectivity index (χ1v) is 11.8. The van der Waals surface area contributed by atoms with Gasteiger partial charge in [0.25, 0.3) is 0 Å². The molecule has 150 valence electrons. The Bertz CT molecular complexity index is 1050. The summed E-state index contributed by atoms with van der Waals surface area (Å²) in [5.74, 6) is 0. The number of carbonyl (C=O) groups excluding carboxylic acids is 2. The van der Waals surface area contributed by atoms with Gasteiger partial charge in [-0.05, 0) is 11.1 Å². The Kier molecular flexibility index (Phi) is 7.48. The quantitative estimate of drug-likeness (QED) is 0.332. The molecular weight excluding hydrogens is 391 g/mol. The molecule has 0 unspecified atom stereocenters. The summed E-state index contributed by atoms with van der Waals surface area (Å²) in [6, 6.07) is 24.1. The van der Waals surface area contributed by atoms with Crippen molar-refractivity contribution < 1.29 is 14.2 Å². The molecule has 0 saturated carbocycles. The molecule has 0 bridgehead atoms. The normalized spacial score (nSPS) is 11.7. The average molecular weight is 414 g/mol. The number of carbonyl (C=O) groups is 2. The Labute approximate surface area is 177 Å². The third-order valence-corrected chi connectivity index (χ3v) is 7.71. The summed E-state index contributed by atoms with van der Waals surface area (Å²) < 4.78 is 13.9. The minimum atomic E-state index is -2.74. The van der Waals surface area contributed by atoms with Crippen LogP contribution in [0.2, 0.25) is 0 Å². The smallest absolute Gasteiger partial charge is 0.150 e. The molecule has 3 aromatic carbocycles. The van der Waals surface area contributed by atoms with Crippen molar-refractivity contribution in [2.45, 2.75) is 0 Å². The van der Waals surface area contributed by atoms with Crippen LogP contribution >= 0.6 is 7.14 Å². The first kappa shape index (κ1) is 21.4. The molecule has 0 aliphatic carbocycles. The second-order valence-electron chi connectivity index (χ2n) is 6.89. The van der Waals surface area contributed by atoms with Crippen LogP contribution in [0.1, 0.15) is 31.8 Å². The standard InChI is InChI=1S/C26H23O3P/c27-20-24-12-6-4-10-22(24)14-8-18-30(29,26-16-2-1-3-17-26)19-9-15-23-11-5-7-13-25(23)21-28/h1-17,20-21H,18-19H2/b14-8+,15-9+. The number of hydrogen-bond donors (Lipinski definition) is 0. The van der Waals surface area contributed by atoms with Crippen LogP contribution in [0, 0.1) is 0 Å². The SMILES string of the molecule is O=Cc1ccccc1/C=C/CP(=O)(C/C=C/c1ccccc1C=O)c1ccccc1. The molecule has 0 fully saturated rings. The van der Waals surface area contributed by atoms with E-state index in [1.807, 2.05) is 91.0 Å². The summed E-state index contributed by atoms with van der Waals surface area (Å²) in [7, 11) is -2.74. The highest BCUT2D eigenvalue weighted by molar-refractivity contribution is 7.71. The maximum Gasteiger partial charge on any atom is 0.150 e. The van der Waals surface area contributed by atoms with Crippen LogP contribution in [0.5, 0.6) is 0 Å². The maximum atomic E-state index is 13.9. The van der Waals surface area contributed by atoms with E-state index in [1.54, 1.807) is 12.1 Å². The lowest BCUT2D eigenvalue weighted by molar-refractivity contribution is 0.111. The molecule has 0 N–H and O–H groups in total. The largest absolute Gasteiger partial charge is 0.318 e. The van der Waals surface area contributed by atoms with E-state index in [-0.39, 0.29) is 0 Å². The first-order valence-electron chi connectivity index (χ1n) is 9.71. The highest BCUT2D eigenvalue weighted by Gasteiger charge is 2.21. The fraction of sp³-hybridized carbons (Fsp3) is 0.0769. The van der Waals surface area contributed by atoms with Crippen molar-refractivity contribution in [3.05, 3.63) is 113 Å². The van der Waals surface area contributed by atoms with Gasteiger partial charge in [-0.3, -0.25) is 9.59 Å². The molecule has 0 amide bonds. The monoisotopic (exact) mass is 414 g/mol. The van der Waals surface area contributed by atoms with Crippen molar-refractivity contribution in [3.8, 4) is 0 Å². The molecule has 0 spiro atoms. The van der Waals surface area contributed by atoms with Gasteiger partial charge < -0.3 is 4.57 Å². The number of aldehydes is 2. The molecular formula is C26H23O3P. The number of allylic oxidation sites excluding steroid dienone is 2. The zero-order chi connectivity index (χ0) is 21.2. The van der Waals surface area contributed by atoms with Crippen molar-refractivity contribution in [2.24, 2.45) is 0 Å². The summed E-state index contributed by atoms with van der Waals surface area (Å²) in [6.07, 6.45) is 9.86. The van der Waals surface area contributed by atoms with Crippen LogP contribution in [0.25, 0.3) is 12.2 Å². The van der Waals surface area contributed by atoms with Gasteiger partial charge in [0.15, 0.2) is 12.6 Å². The van der Waals surface area contributed by atoms with E-state index >= 15 is 0 Å². The molecule has 0 radical (unpaired) electrons. The topological polar surface area (TPSA) is 51.2 Å². The third-order valence-electron chi connectivity index (χ3n) is 4.87. The van der Waals surface area contributed by atoms with Crippen molar-refractivity contribution in [2.75, 3.05) is 12.3 Å². The van der Waals surface area contributed by atoms with E-state index < -0.39 is 7.14 Å². The molecule has 0 heterocycles. The zero-order valence-corrected chi connectivity index (χ0v) is 17.5. The number of hydrogen-bond acceptors (Lipinski definition) is 3. The van der Waals surface area contributed by atoms with Crippen molar-refractivity contribution in [1.29, 1.82) is 0 Å². The Morgan fingerprint density at radius 1 is 0.567 bits per heavy atom. The number of benzene rings is 3. The molecule has 30 heavy (non-hydrogen) atoms. The van der Waals surface area contributed by atoms with Crippen molar-refractivity contribution in [3.63, 3.8) is 0 Å². The van der Waals surface area contributed by atoms with Gasteiger partial charge in [0.05, 0.1) is 0 Å². The molecule has 0 atom stereocenters. The summed E-state index contributed by atoms with van der Waals surface area (Å²) in [5.41, 5.74) is 2.83.